The molecule has 0 spiro atoms. The van der Waals surface area contributed by atoms with Crippen LogP contribution in [0.25, 0.3) is 0 Å². The van der Waals surface area contributed by atoms with Crippen LogP contribution in [0.1, 0.15) is 29.6 Å². The van der Waals surface area contributed by atoms with Crippen LogP contribution in [0.15, 0.2) is 36.0 Å². The second-order valence-electron chi connectivity index (χ2n) is 5.21. The zero-order chi connectivity index (χ0) is 16.2. The number of carbonyl (C=O) groups is 1. The van der Waals surface area contributed by atoms with E-state index in [9.17, 15) is 13.2 Å². The third kappa shape index (κ3) is 3.70. The number of nitrogens with zero attached hydrogens (tertiary/aromatic N) is 1. The van der Waals surface area contributed by atoms with Gasteiger partial charge in [0.1, 0.15) is 4.90 Å². The Labute approximate surface area is 129 Å². The quantitative estimate of drug-likeness (QED) is 0.761. The highest BCUT2D eigenvalue weighted by atomic mass is 32.2. The van der Waals surface area contributed by atoms with Crippen LogP contribution in [0, 0.1) is 0 Å². The van der Waals surface area contributed by atoms with Crippen molar-refractivity contribution in [2.24, 2.45) is 0 Å². The summed E-state index contributed by atoms with van der Waals surface area (Å²) in [7, 11) is -3.88. The van der Waals surface area contributed by atoms with E-state index >= 15 is 0 Å². The van der Waals surface area contributed by atoms with Gasteiger partial charge in [-0.15, -0.1) is 6.58 Å². The molecule has 120 valence electrons. The van der Waals surface area contributed by atoms with Crippen LogP contribution in [-0.2, 0) is 14.8 Å². The molecule has 0 aliphatic carbocycles. The monoisotopic (exact) mass is 326 g/mol. The second-order valence-corrected chi connectivity index (χ2v) is 6.89. The minimum atomic E-state index is -3.88. The molecular weight excluding hydrogens is 308 g/mol. The van der Waals surface area contributed by atoms with Crippen molar-refractivity contribution in [3.8, 4) is 0 Å². The first-order valence-electron chi connectivity index (χ1n) is 6.79. The Balaban J connectivity index is 2.31. The van der Waals surface area contributed by atoms with E-state index in [1.807, 2.05) is 0 Å². The first kappa shape index (κ1) is 16.6. The Morgan fingerprint density at radius 1 is 1.45 bits per heavy atom. The maximum atomic E-state index is 12.5. The highest BCUT2D eigenvalue weighted by Crippen LogP contribution is 2.27. The fraction of sp³-hybridized carbons (Fsp3) is 0.429. The first-order valence-corrected chi connectivity index (χ1v) is 8.28. The molecule has 0 aromatic carbocycles. The van der Waals surface area contributed by atoms with E-state index in [0.29, 0.717) is 32.5 Å². The molecule has 2 heterocycles. The van der Waals surface area contributed by atoms with Crippen LogP contribution in [0.4, 0.5) is 0 Å². The van der Waals surface area contributed by atoms with Crippen molar-refractivity contribution < 1.29 is 23.1 Å². The van der Waals surface area contributed by atoms with Crippen molar-refractivity contribution >= 4 is 16.0 Å². The SMILES string of the molecule is C=CCC1(NS(=O)(=O)c2cncc(C(=O)O)c2)CCOCC1. The van der Waals surface area contributed by atoms with Gasteiger partial charge in [-0.1, -0.05) is 6.08 Å². The van der Waals surface area contributed by atoms with Gasteiger partial charge in [0.2, 0.25) is 10.0 Å². The number of aromatic carboxylic acids is 1. The summed E-state index contributed by atoms with van der Waals surface area (Å²) in [5.41, 5.74) is -0.828. The molecule has 1 saturated heterocycles. The van der Waals surface area contributed by atoms with Gasteiger partial charge in [-0.25, -0.2) is 17.9 Å². The highest BCUT2D eigenvalue weighted by Gasteiger charge is 2.36. The summed E-state index contributed by atoms with van der Waals surface area (Å²) in [6, 6.07) is 1.10. The molecule has 1 aromatic rings. The average Bonchev–Trinajstić information content (AvgIpc) is 2.48. The van der Waals surface area contributed by atoms with Crippen molar-refractivity contribution in [3.63, 3.8) is 0 Å². The molecular formula is C14H18N2O5S. The van der Waals surface area contributed by atoms with Gasteiger partial charge in [0.15, 0.2) is 0 Å². The van der Waals surface area contributed by atoms with E-state index in [-0.39, 0.29) is 10.5 Å². The highest BCUT2D eigenvalue weighted by molar-refractivity contribution is 7.89. The largest absolute Gasteiger partial charge is 0.478 e. The van der Waals surface area contributed by atoms with Crippen molar-refractivity contribution in [1.29, 1.82) is 0 Å². The number of ether oxygens (including phenoxy) is 1. The number of carboxylic acid groups (broad SMARTS) is 1. The summed E-state index contributed by atoms with van der Waals surface area (Å²) in [5, 5.41) is 8.95. The third-order valence-corrected chi connectivity index (χ3v) is 5.15. The fourth-order valence-electron chi connectivity index (χ4n) is 2.41. The van der Waals surface area contributed by atoms with E-state index < -0.39 is 21.5 Å². The summed E-state index contributed by atoms with van der Waals surface area (Å²) in [6.45, 7) is 4.60. The van der Waals surface area contributed by atoms with Gasteiger partial charge in [0.05, 0.1) is 5.56 Å². The molecule has 0 saturated carbocycles. The van der Waals surface area contributed by atoms with Crippen molar-refractivity contribution in [3.05, 3.63) is 36.7 Å². The molecule has 0 amide bonds. The Bertz CT molecular complexity index is 666. The molecule has 0 atom stereocenters. The van der Waals surface area contributed by atoms with Gasteiger partial charge in [-0.2, -0.15) is 0 Å². The number of hydrogen-bond donors (Lipinski definition) is 2. The molecule has 1 aliphatic rings. The Kier molecular flexibility index (Phi) is 4.94. The van der Waals surface area contributed by atoms with Crippen LogP contribution < -0.4 is 4.72 Å². The molecule has 1 aromatic heterocycles. The van der Waals surface area contributed by atoms with Crippen LogP contribution in [0.5, 0.6) is 0 Å². The lowest BCUT2D eigenvalue weighted by molar-refractivity contribution is 0.0481. The van der Waals surface area contributed by atoms with Crippen molar-refractivity contribution in [1.82, 2.24) is 9.71 Å². The Morgan fingerprint density at radius 3 is 2.73 bits per heavy atom. The molecule has 8 heteroatoms. The maximum Gasteiger partial charge on any atom is 0.337 e. The van der Waals surface area contributed by atoms with Crippen LogP contribution >= 0.6 is 0 Å². The summed E-state index contributed by atoms with van der Waals surface area (Å²) in [6.07, 6.45) is 5.45. The van der Waals surface area contributed by atoms with Gasteiger partial charge < -0.3 is 9.84 Å². The number of nitrogens with one attached hydrogen (secondary N) is 1. The van der Waals surface area contributed by atoms with Gasteiger partial charge >= 0.3 is 5.97 Å². The topological polar surface area (TPSA) is 106 Å². The standard InChI is InChI=1S/C14H18N2O5S/c1-2-3-14(4-6-21-7-5-14)16-22(19,20)12-8-11(13(17)18)9-15-10-12/h2,8-10,16H,1,3-7H2,(H,17,18). The number of carboxylic acids is 1. The summed E-state index contributed by atoms with van der Waals surface area (Å²) in [5.74, 6) is -1.23. The molecule has 1 fully saturated rings. The van der Waals surface area contributed by atoms with E-state index in [1.165, 1.54) is 0 Å². The molecule has 0 bridgehead atoms. The smallest absolute Gasteiger partial charge is 0.337 e. The molecule has 1 aliphatic heterocycles. The van der Waals surface area contributed by atoms with E-state index in [4.69, 9.17) is 9.84 Å². The van der Waals surface area contributed by atoms with Crippen LogP contribution in [0.2, 0.25) is 0 Å². The number of aromatic nitrogens is 1. The molecule has 22 heavy (non-hydrogen) atoms. The van der Waals surface area contributed by atoms with Crippen molar-refractivity contribution in [2.75, 3.05) is 13.2 Å². The number of sulfonamides is 1. The van der Waals surface area contributed by atoms with Crippen LogP contribution in [-0.4, -0.2) is 43.2 Å². The predicted molar refractivity (Wildman–Crippen MR) is 79.1 cm³/mol. The minimum Gasteiger partial charge on any atom is -0.478 e. The van der Waals surface area contributed by atoms with E-state index in [2.05, 4.69) is 16.3 Å². The zero-order valence-electron chi connectivity index (χ0n) is 12.0. The Morgan fingerprint density at radius 2 is 2.14 bits per heavy atom. The van der Waals surface area contributed by atoms with Gasteiger partial charge in [-0.3, -0.25) is 4.98 Å². The predicted octanol–water partition coefficient (Wildman–Crippen LogP) is 1.18. The molecule has 2 rings (SSSR count). The maximum absolute atomic E-state index is 12.5. The second kappa shape index (κ2) is 6.55. The third-order valence-electron chi connectivity index (χ3n) is 3.61. The fourth-order valence-corrected chi connectivity index (χ4v) is 3.87. The number of hydrogen-bond acceptors (Lipinski definition) is 5. The van der Waals surface area contributed by atoms with E-state index in [1.54, 1.807) is 6.08 Å². The summed E-state index contributed by atoms with van der Waals surface area (Å²) in [4.78, 5) is 14.5. The Hall–Kier alpha value is -1.77. The molecule has 2 N–H and O–H groups in total. The van der Waals surface area contributed by atoms with Crippen molar-refractivity contribution in [2.45, 2.75) is 29.7 Å². The van der Waals surface area contributed by atoms with Gasteiger partial charge in [-0.05, 0) is 25.3 Å². The minimum absolute atomic E-state index is 0.165. The zero-order valence-corrected chi connectivity index (χ0v) is 12.8. The molecule has 7 nitrogen and oxygen atoms in total. The number of rotatable bonds is 6. The normalized spacial score (nSPS) is 17.8. The molecule has 0 radical (unpaired) electrons. The lowest BCUT2D eigenvalue weighted by Crippen LogP contribution is -2.51. The first-order chi connectivity index (χ1) is 10.4. The lowest BCUT2D eigenvalue weighted by Gasteiger charge is -2.36. The lowest BCUT2D eigenvalue weighted by atomic mass is 9.88. The average molecular weight is 326 g/mol. The summed E-state index contributed by atoms with van der Waals surface area (Å²) >= 11 is 0. The van der Waals surface area contributed by atoms with E-state index in [0.717, 1.165) is 18.5 Å². The summed E-state index contributed by atoms with van der Waals surface area (Å²) < 4.78 is 33.0. The van der Waals surface area contributed by atoms with Gasteiger partial charge in [0.25, 0.3) is 0 Å². The molecule has 0 unspecified atom stereocenters. The number of pyridine rings is 1. The van der Waals surface area contributed by atoms with Gasteiger partial charge in [0, 0.05) is 31.1 Å². The van der Waals surface area contributed by atoms with Crippen LogP contribution in [0.3, 0.4) is 0 Å².